The van der Waals surface area contributed by atoms with Crippen LogP contribution in [-0.4, -0.2) is 35.1 Å². The van der Waals surface area contributed by atoms with Crippen LogP contribution in [0.15, 0.2) is 18.2 Å². The minimum absolute atomic E-state index is 0.0412. The summed E-state index contributed by atoms with van der Waals surface area (Å²) >= 11 is 12.0. The van der Waals surface area contributed by atoms with Gasteiger partial charge in [-0.25, -0.2) is 0 Å². The van der Waals surface area contributed by atoms with E-state index in [0.29, 0.717) is 16.6 Å². The lowest BCUT2D eigenvalue weighted by molar-refractivity contribution is -0.133. The van der Waals surface area contributed by atoms with Crippen molar-refractivity contribution in [1.29, 1.82) is 0 Å². The summed E-state index contributed by atoms with van der Waals surface area (Å²) in [4.78, 5) is 14.2. The maximum absolute atomic E-state index is 12.3. The van der Waals surface area contributed by atoms with Crippen molar-refractivity contribution in [3.8, 4) is 0 Å². The van der Waals surface area contributed by atoms with Gasteiger partial charge in [-0.2, -0.15) is 0 Å². The standard InChI is InChI=1S/C15H19Cl2NO2/c1-10(19)11-3-2-6-18(9-11)15(20)8-12-7-13(16)4-5-14(12)17/h4-5,7,10-11,19H,2-3,6,8-9H2,1H3. The maximum atomic E-state index is 12.3. The highest BCUT2D eigenvalue weighted by molar-refractivity contribution is 6.33. The SMILES string of the molecule is CC(O)C1CCCN(C(=O)Cc2cc(Cl)ccc2Cl)C1. The molecule has 1 heterocycles. The van der Waals surface area contributed by atoms with Crippen LogP contribution in [0, 0.1) is 5.92 Å². The Hall–Kier alpha value is -0.770. The molecule has 0 spiro atoms. The molecule has 1 aliphatic heterocycles. The quantitative estimate of drug-likeness (QED) is 0.930. The van der Waals surface area contributed by atoms with Crippen LogP contribution in [0.1, 0.15) is 25.3 Å². The van der Waals surface area contributed by atoms with Crippen molar-refractivity contribution in [2.24, 2.45) is 5.92 Å². The van der Waals surface area contributed by atoms with Crippen molar-refractivity contribution in [3.05, 3.63) is 33.8 Å². The Balaban J connectivity index is 2.02. The summed E-state index contributed by atoms with van der Waals surface area (Å²) in [7, 11) is 0. The Morgan fingerprint density at radius 2 is 2.25 bits per heavy atom. The monoisotopic (exact) mass is 315 g/mol. The number of carbonyl (C=O) groups excluding carboxylic acids is 1. The minimum Gasteiger partial charge on any atom is -0.393 e. The van der Waals surface area contributed by atoms with E-state index in [9.17, 15) is 9.90 Å². The molecule has 1 aliphatic rings. The molecule has 2 rings (SSSR count). The maximum Gasteiger partial charge on any atom is 0.227 e. The summed E-state index contributed by atoms with van der Waals surface area (Å²) < 4.78 is 0. The fourth-order valence-electron chi connectivity index (χ4n) is 2.58. The molecule has 0 saturated carbocycles. The molecular weight excluding hydrogens is 297 g/mol. The highest BCUT2D eigenvalue weighted by atomic mass is 35.5. The zero-order chi connectivity index (χ0) is 14.7. The van der Waals surface area contributed by atoms with Gasteiger partial charge in [-0.05, 0) is 43.5 Å². The Morgan fingerprint density at radius 1 is 1.50 bits per heavy atom. The second-order valence-electron chi connectivity index (χ2n) is 5.40. The van der Waals surface area contributed by atoms with Gasteiger partial charge < -0.3 is 10.0 Å². The summed E-state index contributed by atoms with van der Waals surface area (Å²) in [6, 6.07) is 5.15. The molecule has 0 bridgehead atoms. The molecule has 0 radical (unpaired) electrons. The van der Waals surface area contributed by atoms with Crippen LogP contribution in [0.2, 0.25) is 10.0 Å². The predicted molar refractivity (Wildman–Crippen MR) is 81.2 cm³/mol. The summed E-state index contributed by atoms with van der Waals surface area (Å²) in [5.74, 6) is 0.210. The Bertz CT molecular complexity index is 491. The van der Waals surface area contributed by atoms with E-state index in [1.807, 2.05) is 4.90 Å². The average molecular weight is 316 g/mol. The lowest BCUT2D eigenvalue weighted by atomic mass is 9.93. The zero-order valence-electron chi connectivity index (χ0n) is 11.5. The van der Waals surface area contributed by atoms with E-state index in [1.165, 1.54) is 0 Å². The van der Waals surface area contributed by atoms with Crippen molar-refractivity contribution >= 4 is 29.1 Å². The lowest BCUT2D eigenvalue weighted by Crippen LogP contribution is -2.43. The Morgan fingerprint density at radius 3 is 2.95 bits per heavy atom. The normalized spacial score (nSPS) is 20.8. The van der Waals surface area contributed by atoms with Crippen LogP contribution >= 0.6 is 23.2 Å². The van der Waals surface area contributed by atoms with Gasteiger partial charge in [-0.1, -0.05) is 23.2 Å². The number of aliphatic hydroxyl groups excluding tert-OH is 1. The number of hydrogen-bond donors (Lipinski definition) is 1. The molecule has 1 aromatic rings. The number of nitrogens with zero attached hydrogens (tertiary/aromatic N) is 1. The van der Waals surface area contributed by atoms with Crippen LogP contribution in [0.25, 0.3) is 0 Å². The first-order valence-electron chi connectivity index (χ1n) is 6.87. The van der Waals surface area contributed by atoms with Gasteiger partial charge in [0.15, 0.2) is 0 Å². The van der Waals surface area contributed by atoms with Crippen LogP contribution < -0.4 is 0 Å². The van der Waals surface area contributed by atoms with Crippen molar-refractivity contribution in [1.82, 2.24) is 4.90 Å². The van der Waals surface area contributed by atoms with Crippen LogP contribution in [-0.2, 0) is 11.2 Å². The van der Waals surface area contributed by atoms with E-state index >= 15 is 0 Å². The van der Waals surface area contributed by atoms with E-state index in [2.05, 4.69) is 0 Å². The summed E-state index contributed by atoms with van der Waals surface area (Å²) in [5, 5.41) is 10.8. The number of rotatable bonds is 3. The van der Waals surface area contributed by atoms with Gasteiger partial charge in [0.2, 0.25) is 5.91 Å². The van der Waals surface area contributed by atoms with Crippen LogP contribution in [0.4, 0.5) is 0 Å². The van der Waals surface area contributed by atoms with Gasteiger partial charge in [-0.3, -0.25) is 4.79 Å². The number of likely N-dealkylation sites (tertiary alicyclic amines) is 1. The highest BCUT2D eigenvalue weighted by Gasteiger charge is 2.26. The third-order valence-corrected chi connectivity index (χ3v) is 4.45. The summed E-state index contributed by atoms with van der Waals surface area (Å²) in [5.41, 5.74) is 0.753. The van der Waals surface area contributed by atoms with Crippen molar-refractivity contribution in [3.63, 3.8) is 0 Å². The lowest BCUT2D eigenvalue weighted by Gasteiger charge is -2.34. The molecule has 1 fully saturated rings. The largest absolute Gasteiger partial charge is 0.393 e. The Labute approximate surface area is 129 Å². The van der Waals surface area contributed by atoms with Crippen molar-refractivity contribution in [2.75, 3.05) is 13.1 Å². The van der Waals surface area contributed by atoms with Crippen LogP contribution in [0.3, 0.4) is 0 Å². The zero-order valence-corrected chi connectivity index (χ0v) is 13.0. The Kier molecular flexibility index (Phi) is 5.30. The third kappa shape index (κ3) is 3.87. The number of aliphatic hydroxyl groups is 1. The molecule has 20 heavy (non-hydrogen) atoms. The van der Waals surface area contributed by atoms with Crippen molar-refractivity contribution in [2.45, 2.75) is 32.3 Å². The fourth-order valence-corrected chi connectivity index (χ4v) is 2.96. The first-order valence-corrected chi connectivity index (χ1v) is 7.62. The molecule has 0 aromatic heterocycles. The molecule has 2 atom stereocenters. The highest BCUT2D eigenvalue weighted by Crippen LogP contribution is 2.24. The molecule has 1 aromatic carbocycles. The molecular formula is C15H19Cl2NO2. The summed E-state index contributed by atoms with van der Waals surface area (Å²) in [6.07, 6.45) is 1.79. The minimum atomic E-state index is -0.375. The predicted octanol–water partition coefficient (Wildman–Crippen LogP) is 3.16. The number of amides is 1. The van der Waals surface area contributed by atoms with Gasteiger partial charge in [0.05, 0.1) is 12.5 Å². The molecule has 110 valence electrons. The average Bonchev–Trinajstić information content (AvgIpc) is 2.43. The number of halogens is 2. The van der Waals surface area contributed by atoms with Crippen molar-refractivity contribution < 1.29 is 9.90 Å². The first kappa shape index (κ1) is 15.6. The molecule has 1 amide bonds. The smallest absolute Gasteiger partial charge is 0.227 e. The van der Waals surface area contributed by atoms with Crippen LogP contribution in [0.5, 0.6) is 0 Å². The van der Waals surface area contributed by atoms with E-state index in [0.717, 1.165) is 24.9 Å². The van der Waals surface area contributed by atoms with Gasteiger partial charge in [0.25, 0.3) is 0 Å². The van der Waals surface area contributed by atoms with Gasteiger partial charge in [-0.15, -0.1) is 0 Å². The van der Waals surface area contributed by atoms with Gasteiger partial charge in [0, 0.05) is 29.1 Å². The van der Waals surface area contributed by atoms with E-state index in [1.54, 1.807) is 25.1 Å². The molecule has 3 nitrogen and oxygen atoms in total. The second-order valence-corrected chi connectivity index (χ2v) is 6.24. The fraction of sp³-hybridized carbons (Fsp3) is 0.533. The number of benzene rings is 1. The molecule has 1 N–H and O–H groups in total. The second kappa shape index (κ2) is 6.79. The summed E-state index contributed by atoms with van der Waals surface area (Å²) in [6.45, 7) is 3.15. The van der Waals surface area contributed by atoms with Gasteiger partial charge in [0.1, 0.15) is 0 Å². The first-order chi connectivity index (χ1) is 9.47. The van der Waals surface area contributed by atoms with E-state index in [4.69, 9.17) is 23.2 Å². The van der Waals surface area contributed by atoms with Gasteiger partial charge >= 0.3 is 0 Å². The number of carbonyl (C=O) groups is 1. The van der Waals surface area contributed by atoms with E-state index < -0.39 is 0 Å². The topological polar surface area (TPSA) is 40.5 Å². The molecule has 5 heteroatoms. The number of piperidine rings is 1. The molecule has 1 saturated heterocycles. The number of hydrogen-bond acceptors (Lipinski definition) is 2. The van der Waals surface area contributed by atoms with E-state index in [-0.39, 0.29) is 24.3 Å². The third-order valence-electron chi connectivity index (χ3n) is 3.84. The molecule has 0 aliphatic carbocycles. The molecule has 2 unspecified atom stereocenters.